The number of ether oxygens (including phenoxy) is 1. The summed E-state index contributed by atoms with van der Waals surface area (Å²) >= 11 is 3.26. The zero-order valence-corrected chi connectivity index (χ0v) is 15.5. The lowest BCUT2D eigenvalue weighted by Gasteiger charge is -2.06. The van der Waals surface area contributed by atoms with Crippen LogP contribution in [0.3, 0.4) is 0 Å². The Morgan fingerprint density at radius 3 is 2.62 bits per heavy atom. The van der Waals surface area contributed by atoms with E-state index in [1.54, 1.807) is 42.5 Å². The van der Waals surface area contributed by atoms with Gasteiger partial charge in [0.2, 0.25) is 0 Å². The smallest absolute Gasteiger partial charge is 0.266 e. The summed E-state index contributed by atoms with van der Waals surface area (Å²) in [6, 6.07) is 12.0. The molecular weight excluding hydrogens is 394 g/mol. The van der Waals surface area contributed by atoms with Gasteiger partial charge in [-0.3, -0.25) is 4.79 Å². The molecule has 1 N–H and O–H groups in total. The van der Waals surface area contributed by atoms with Crippen molar-refractivity contribution in [2.24, 2.45) is 0 Å². The Bertz CT molecular complexity index is 891. The summed E-state index contributed by atoms with van der Waals surface area (Å²) < 4.78 is 31.7. The molecule has 2 aromatic carbocycles. The van der Waals surface area contributed by atoms with E-state index in [-0.39, 0.29) is 5.56 Å². The van der Waals surface area contributed by atoms with Crippen molar-refractivity contribution in [3.63, 3.8) is 0 Å². The first-order valence-corrected chi connectivity index (χ1v) is 9.30. The van der Waals surface area contributed by atoms with Crippen molar-refractivity contribution in [3.8, 4) is 5.75 Å². The number of halogens is 1. The first kappa shape index (κ1) is 18.2. The van der Waals surface area contributed by atoms with Crippen LogP contribution in [-0.2, 0) is 10.0 Å². The SMILES string of the molecule is COc1cccc(C=CS(=O)(=O)NC(=O)c2ccc(C)cc2Br)c1. The lowest BCUT2D eigenvalue weighted by molar-refractivity contribution is 0.0981. The van der Waals surface area contributed by atoms with Gasteiger partial charge in [0.1, 0.15) is 5.75 Å². The van der Waals surface area contributed by atoms with E-state index in [4.69, 9.17) is 4.74 Å². The van der Waals surface area contributed by atoms with Gasteiger partial charge in [0, 0.05) is 4.47 Å². The van der Waals surface area contributed by atoms with Crippen LogP contribution < -0.4 is 9.46 Å². The first-order chi connectivity index (χ1) is 11.3. The van der Waals surface area contributed by atoms with Crippen molar-refractivity contribution in [2.45, 2.75) is 6.92 Å². The van der Waals surface area contributed by atoms with Gasteiger partial charge in [-0.25, -0.2) is 13.1 Å². The second-order valence-corrected chi connectivity index (χ2v) is 7.46. The summed E-state index contributed by atoms with van der Waals surface area (Å²) in [4.78, 5) is 12.1. The zero-order chi connectivity index (χ0) is 17.7. The van der Waals surface area contributed by atoms with Crippen molar-refractivity contribution < 1.29 is 17.9 Å². The Balaban J connectivity index is 2.15. The summed E-state index contributed by atoms with van der Waals surface area (Å²) in [5.74, 6) is -0.0839. The molecule has 0 aliphatic rings. The number of nitrogens with one attached hydrogen (secondary N) is 1. The van der Waals surface area contributed by atoms with E-state index in [9.17, 15) is 13.2 Å². The van der Waals surface area contributed by atoms with Gasteiger partial charge < -0.3 is 4.74 Å². The van der Waals surface area contributed by atoms with Gasteiger partial charge in [0.15, 0.2) is 0 Å². The molecule has 7 heteroatoms. The first-order valence-electron chi connectivity index (χ1n) is 6.96. The van der Waals surface area contributed by atoms with Crippen molar-refractivity contribution in [1.29, 1.82) is 0 Å². The number of carbonyl (C=O) groups excluding carboxylic acids is 1. The Kier molecular flexibility index (Phi) is 5.80. The summed E-state index contributed by atoms with van der Waals surface area (Å²) in [5.41, 5.74) is 1.85. The number of aryl methyl sites for hydroxylation is 1. The highest BCUT2D eigenvalue weighted by atomic mass is 79.9. The topological polar surface area (TPSA) is 72.5 Å². The number of hydrogen-bond donors (Lipinski definition) is 1. The predicted octanol–water partition coefficient (Wildman–Crippen LogP) is 3.50. The molecule has 0 aromatic heterocycles. The summed E-state index contributed by atoms with van der Waals surface area (Å²) in [6.07, 6.45) is 1.39. The van der Waals surface area contributed by atoms with Crippen molar-refractivity contribution in [3.05, 3.63) is 69.0 Å². The lowest BCUT2D eigenvalue weighted by Crippen LogP contribution is -2.29. The highest BCUT2D eigenvalue weighted by Gasteiger charge is 2.15. The molecule has 5 nitrogen and oxygen atoms in total. The Morgan fingerprint density at radius 2 is 1.96 bits per heavy atom. The molecule has 24 heavy (non-hydrogen) atoms. The number of hydrogen-bond acceptors (Lipinski definition) is 4. The van der Waals surface area contributed by atoms with Gasteiger partial charge in [0.05, 0.1) is 18.1 Å². The standard InChI is InChI=1S/C17H16BrNO4S/c1-12-6-7-15(16(18)10-12)17(20)19-24(21,22)9-8-13-4-3-5-14(11-13)23-2/h3-11H,1-2H3,(H,19,20). The van der Waals surface area contributed by atoms with E-state index >= 15 is 0 Å². The van der Waals surface area contributed by atoms with Crippen LogP contribution >= 0.6 is 15.9 Å². The zero-order valence-electron chi connectivity index (χ0n) is 13.1. The molecule has 2 rings (SSSR count). The highest BCUT2D eigenvalue weighted by molar-refractivity contribution is 9.10. The number of methoxy groups -OCH3 is 1. The van der Waals surface area contributed by atoms with Crippen molar-refractivity contribution in [1.82, 2.24) is 4.72 Å². The normalized spacial score (nSPS) is 11.5. The van der Waals surface area contributed by atoms with Crippen molar-refractivity contribution in [2.75, 3.05) is 7.11 Å². The van der Waals surface area contributed by atoms with Gasteiger partial charge >= 0.3 is 0 Å². The molecule has 0 radical (unpaired) electrons. The molecule has 0 saturated carbocycles. The third-order valence-electron chi connectivity index (χ3n) is 3.14. The van der Waals surface area contributed by atoms with Crippen LogP contribution in [0.1, 0.15) is 21.5 Å². The number of amides is 1. The summed E-state index contributed by atoms with van der Waals surface area (Å²) in [7, 11) is -2.39. The molecule has 2 aromatic rings. The maximum atomic E-state index is 12.1. The van der Waals surface area contributed by atoms with E-state index in [1.807, 2.05) is 11.6 Å². The molecule has 126 valence electrons. The van der Waals surface area contributed by atoms with E-state index < -0.39 is 15.9 Å². The fourth-order valence-corrected chi connectivity index (χ4v) is 3.38. The molecule has 0 fully saturated rings. The lowest BCUT2D eigenvalue weighted by atomic mass is 10.1. The number of rotatable bonds is 5. The Hall–Kier alpha value is -2.12. The van der Waals surface area contributed by atoms with Crippen LogP contribution in [0.2, 0.25) is 0 Å². The second-order valence-electron chi connectivity index (χ2n) is 5.04. The average Bonchev–Trinajstić information content (AvgIpc) is 2.52. The minimum Gasteiger partial charge on any atom is -0.497 e. The van der Waals surface area contributed by atoms with Gasteiger partial charge in [0.25, 0.3) is 15.9 Å². The summed E-state index contributed by atoms with van der Waals surface area (Å²) in [6.45, 7) is 1.88. The van der Waals surface area contributed by atoms with Crippen LogP contribution in [0.4, 0.5) is 0 Å². The third kappa shape index (κ3) is 4.94. The molecule has 0 aliphatic carbocycles. The molecule has 0 atom stereocenters. The fraction of sp³-hybridized carbons (Fsp3) is 0.118. The van der Waals surface area contributed by atoms with Gasteiger partial charge in [-0.05, 0) is 64.3 Å². The van der Waals surface area contributed by atoms with Crippen LogP contribution in [0, 0.1) is 6.92 Å². The fourth-order valence-electron chi connectivity index (χ4n) is 1.94. The highest BCUT2D eigenvalue weighted by Crippen LogP contribution is 2.19. The Labute approximate surface area is 149 Å². The largest absolute Gasteiger partial charge is 0.497 e. The molecule has 0 heterocycles. The Morgan fingerprint density at radius 1 is 1.21 bits per heavy atom. The maximum Gasteiger partial charge on any atom is 0.266 e. The number of carbonyl (C=O) groups is 1. The molecule has 0 bridgehead atoms. The molecule has 0 aliphatic heterocycles. The van der Waals surface area contributed by atoms with Gasteiger partial charge in [-0.15, -0.1) is 0 Å². The number of sulfonamides is 1. The van der Waals surface area contributed by atoms with Crippen LogP contribution in [-0.4, -0.2) is 21.4 Å². The van der Waals surface area contributed by atoms with Crippen LogP contribution in [0.15, 0.2) is 52.3 Å². The molecule has 1 amide bonds. The monoisotopic (exact) mass is 409 g/mol. The van der Waals surface area contributed by atoms with E-state index in [1.165, 1.54) is 13.2 Å². The van der Waals surface area contributed by atoms with E-state index in [0.717, 1.165) is 11.0 Å². The second kappa shape index (κ2) is 7.63. The quantitative estimate of drug-likeness (QED) is 0.819. The van der Waals surface area contributed by atoms with Crippen LogP contribution in [0.25, 0.3) is 6.08 Å². The average molecular weight is 410 g/mol. The van der Waals surface area contributed by atoms with E-state index in [2.05, 4.69) is 15.9 Å². The van der Waals surface area contributed by atoms with Gasteiger partial charge in [-0.2, -0.15) is 0 Å². The number of benzene rings is 2. The third-order valence-corrected chi connectivity index (χ3v) is 4.76. The van der Waals surface area contributed by atoms with Gasteiger partial charge in [-0.1, -0.05) is 18.2 Å². The summed E-state index contributed by atoms with van der Waals surface area (Å²) in [5, 5.41) is 0.946. The molecule has 0 spiro atoms. The van der Waals surface area contributed by atoms with E-state index in [0.29, 0.717) is 15.8 Å². The molecule has 0 unspecified atom stereocenters. The van der Waals surface area contributed by atoms with Crippen LogP contribution in [0.5, 0.6) is 5.75 Å². The van der Waals surface area contributed by atoms with Crippen molar-refractivity contribution >= 4 is 37.9 Å². The minimum absolute atomic E-state index is 0.249. The molecule has 0 saturated heterocycles. The minimum atomic E-state index is -3.92. The maximum absolute atomic E-state index is 12.1. The molecular formula is C17H16BrNO4S. The predicted molar refractivity (Wildman–Crippen MR) is 97.3 cm³/mol.